The summed E-state index contributed by atoms with van der Waals surface area (Å²) < 4.78 is 7.26. The number of hydrogen-bond donors (Lipinski definition) is 2. The number of aromatic amines is 1. The smallest absolute Gasteiger partial charge is 0.262 e. The van der Waals surface area contributed by atoms with Crippen LogP contribution in [0.4, 0.5) is 5.69 Å². The van der Waals surface area contributed by atoms with Crippen LogP contribution in [-0.2, 0) is 18.3 Å². The Kier molecular flexibility index (Phi) is 5.49. The molecule has 4 aromatic rings. The second kappa shape index (κ2) is 8.38. The Morgan fingerprint density at radius 3 is 2.73 bits per heavy atom. The first kappa shape index (κ1) is 19.7. The Hall–Kier alpha value is -3.65. The first-order valence-corrected chi connectivity index (χ1v) is 9.60. The Balaban J connectivity index is 1.36. The molecule has 0 aliphatic rings. The van der Waals surface area contributed by atoms with E-state index in [0.717, 1.165) is 0 Å². The standard InChI is InChI=1S/C21H18ClN5O3/c1-27-20-15(12-23-27)21(29)26-18(25-20)10-11-19(28)24-13-6-8-14(9-7-13)30-17-5-3-2-4-16(17)22/h2-9,12H,10-11H2,1H3,(H,24,28)(H,25,26,29). The minimum atomic E-state index is -0.266. The fraction of sp³-hybridized carbons (Fsp3) is 0.143. The molecule has 30 heavy (non-hydrogen) atoms. The highest BCUT2D eigenvalue weighted by atomic mass is 35.5. The number of para-hydroxylation sites is 1. The molecule has 0 aliphatic carbocycles. The number of amides is 1. The van der Waals surface area contributed by atoms with E-state index in [4.69, 9.17) is 16.3 Å². The van der Waals surface area contributed by atoms with Crippen LogP contribution in [0.3, 0.4) is 0 Å². The first-order chi connectivity index (χ1) is 14.5. The molecule has 4 rings (SSSR count). The third-order valence-electron chi connectivity index (χ3n) is 4.44. The largest absolute Gasteiger partial charge is 0.456 e. The molecule has 2 N–H and O–H groups in total. The number of fused-ring (bicyclic) bond motifs is 1. The number of benzene rings is 2. The maximum Gasteiger partial charge on any atom is 0.262 e. The average molecular weight is 424 g/mol. The molecular weight excluding hydrogens is 406 g/mol. The van der Waals surface area contributed by atoms with Crippen molar-refractivity contribution in [3.05, 3.63) is 75.9 Å². The van der Waals surface area contributed by atoms with E-state index in [1.54, 1.807) is 43.4 Å². The van der Waals surface area contributed by atoms with Gasteiger partial charge in [0.1, 0.15) is 22.7 Å². The van der Waals surface area contributed by atoms with Gasteiger partial charge in [0.2, 0.25) is 5.91 Å². The van der Waals surface area contributed by atoms with Crippen LogP contribution in [0.2, 0.25) is 5.02 Å². The number of nitrogens with zero attached hydrogens (tertiary/aromatic N) is 3. The second-order valence-electron chi connectivity index (χ2n) is 6.62. The lowest BCUT2D eigenvalue weighted by Gasteiger charge is -2.09. The number of aryl methyl sites for hydroxylation is 2. The number of H-pyrrole nitrogens is 1. The van der Waals surface area contributed by atoms with Crippen molar-refractivity contribution in [1.29, 1.82) is 0 Å². The molecule has 2 aromatic carbocycles. The van der Waals surface area contributed by atoms with Crippen molar-refractivity contribution >= 4 is 34.2 Å². The molecule has 8 nitrogen and oxygen atoms in total. The van der Waals surface area contributed by atoms with Gasteiger partial charge in [0.25, 0.3) is 5.56 Å². The van der Waals surface area contributed by atoms with Crippen molar-refractivity contribution in [1.82, 2.24) is 19.7 Å². The number of carbonyl (C=O) groups excluding carboxylic acids is 1. The van der Waals surface area contributed by atoms with E-state index >= 15 is 0 Å². The Bertz CT molecular complexity index is 1260. The zero-order valence-electron chi connectivity index (χ0n) is 16.1. The molecule has 0 bridgehead atoms. The van der Waals surface area contributed by atoms with Gasteiger partial charge < -0.3 is 15.0 Å². The van der Waals surface area contributed by atoms with Crippen LogP contribution in [-0.4, -0.2) is 25.7 Å². The summed E-state index contributed by atoms with van der Waals surface area (Å²) in [5.41, 5.74) is 0.857. The van der Waals surface area contributed by atoms with Gasteiger partial charge in [-0.15, -0.1) is 0 Å². The molecule has 0 unspecified atom stereocenters. The van der Waals surface area contributed by atoms with Gasteiger partial charge in [-0.25, -0.2) is 4.98 Å². The highest BCUT2D eigenvalue weighted by molar-refractivity contribution is 6.32. The summed E-state index contributed by atoms with van der Waals surface area (Å²) in [7, 11) is 1.71. The van der Waals surface area contributed by atoms with Gasteiger partial charge in [-0.3, -0.25) is 14.3 Å². The zero-order chi connectivity index (χ0) is 21.1. The van der Waals surface area contributed by atoms with Crippen molar-refractivity contribution in [2.24, 2.45) is 7.05 Å². The molecule has 0 atom stereocenters. The third kappa shape index (κ3) is 4.33. The molecule has 9 heteroatoms. The van der Waals surface area contributed by atoms with Gasteiger partial charge in [-0.05, 0) is 36.4 Å². The first-order valence-electron chi connectivity index (χ1n) is 9.23. The van der Waals surface area contributed by atoms with Gasteiger partial charge in [0.05, 0.1) is 11.2 Å². The molecule has 0 fully saturated rings. The summed E-state index contributed by atoms with van der Waals surface area (Å²) in [6.45, 7) is 0. The maximum atomic E-state index is 12.3. The molecule has 0 radical (unpaired) electrons. The van der Waals surface area contributed by atoms with E-state index in [9.17, 15) is 9.59 Å². The molecule has 1 amide bonds. The van der Waals surface area contributed by atoms with Gasteiger partial charge in [0.15, 0.2) is 5.65 Å². The molecule has 0 saturated heterocycles. The minimum Gasteiger partial charge on any atom is -0.456 e. The number of nitrogens with one attached hydrogen (secondary N) is 2. The normalized spacial score (nSPS) is 10.9. The molecule has 2 aromatic heterocycles. The highest BCUT2D eigenvalue weighted by Crippen LogP contribution is 2.29. The van der Waals surface area contributed by atoms with Crippen molar-refractivity contribution < 1.29 is 9.53 Å². The Morgan fingerprint density at radius 2 is 1.97 bits per heavy atom. The van der Waals surface area contributed by atoms with Crippen LogP contribution in [0.15, 0.2) is 59.5 Å². The minimum absolute atomic E-state index is 0.171. The van der Waals surface area contributed by atoms with Crippen LogP contribution < -0.4 is 15.6 Å². The van der Waals surface area contributed by atoms with Crippen molar-refractivity contribution in [3.63, 3.8) is 0 Å². The second-order valence-corrected chi connectivity index (χ2v) is 7.03. The number of aromatic nitrogens is 4. The molecule has 152 valence electrons. The van der Waals surface area contributed by atoms with Gasteiger partial charge in [-0.2, -0.15) is 5.10 Å². The van der Waals surface area contributed by atoms with Crippen LogP contribution in [0, 0.1) is 0 Å². The lowest BCUT2D eigenvalue weighted by Crippen LogP contribution is -2.16. The lowest BCUT2D eigenvalue weighted by molar-refractivity contribution is -0.116. The van der Waals surface area contributed by atoms with E-state index in [1.165, 1.54) is 10.9 Å². The van der Waals surface area contributed by atoms with Crippen LogP contribution in [0.1, 0.15) is 12.2 Å². The fourth-order valence-corrected chi connectivity index (χ4v) is 3.09. The lowest BCUT2D eigenvalue weighted by atomic mass is 10.2. The monoisotopic (exact) mass is 423 g/mol. The van der Waals surface area contributed by atoms with Crippen LogP contribution in [0.25, 0.3) is 11.0 Å². The number of halogens is 1. The summed E-state index contributed by atoms with van der Waals surface area (Å²) in [6.07, 6.45) is 1.94. The molecule has 0 aliphatic heterocycles. The Labute approximate surface area is 176 Å². The van der Waals surface area contributed by atoms with E-state index in [2.05, 4.69) is 20.4 Å². The van der Waals surface area contributed by atoms with Crippen molar-refractivity contribution in [3.8, 4) is 11.5 Å². The molecule has 2 heterocycles. The fourth-order valence-electron chi connectivity index (χ4n) is 2.91. The predicted octanol–water partition coefficient (Wildman–Crippen LogP) is 3.67. The number of carbonyl (C=O) groups is 1. The molecule has 0 saturated carbocycles. The number of ether oxygens (including phenoxy) is 1. The van der Waals surface area contributed by atoms with Crippen molar-refractivity contribution in [2.45, 2.75) is 12.8 Å². The molecular formula is C21H18ClN5O3. The summed E-state index contributed by atoms with van der Waals surface area (Å²) in [5.74, 6) is 1.41. The average Bonchev–Trinajstić information content (AvgIpc) is 3.11. The number of anilines is 1. The van der Waals surface area contributed by atoms with E-state index in [-0.39, 0.29) is 17.9 Å². The Morgan fingerprint density at radius 1 is 1.20 bits per heavy atom. The van der Waals surface area contributed by atoms with E-state index < -0.39 is 0 Å². The summed E-state index contributed by atoms with van der Waals surface area (Å²) in [4.78, 5) is 31.4. The van der Waals surface area contributed by atoms with Gasteiger partial charge in [-0.1, -0.05) is 23.7 Å². The van der Waals surface area contributed by atoms with Gasteiger partial charge in [0, 0.05) is 25.6 Å². The van der Waals surface area contributed by atoms with Crippen molar-refractivity contribution in [2.75, 3.05) is 5.32 Å². The number of hydrogen-bond acceptors (Lipinski definition) is 5. The maximum absolute atomic E-state index is 12.3. The molecule has 0 spiro atoms. The highest BCUT2D eigenvalue weighted by Gasteiger charge is 2.10. The van der Waals surface area contributed by atoms with Crippen LogP contribution >= 0.6 is 11.6 Å². The SMILES string of the molecule is Cn1ncc2c(=O)[nH]c(CCC(=O)Nc3ccc(Oc4ccccc4Cl)cc3)nc21. The quantitative estimate of drug-likeness (QED) is 0.492. The summed E-state index contributed by atoms with van der Waals surface area (Å²) >= 11 is 6.09. The van der Waals surface area contributed by atoms with E-state index in [1.807, 2.05) is 12.1 Å². The summed E-state index contributed by atoms with van der Waals surface area (Å²) in [6, 6.07) is 14.2. The summed E-state index contributed by atoms with van der Waals surface area (Å²) in [5, 5.41) is 7.78. The zero-order valence-corrected chi connectivity index (χ0v) is 16.8. The predicted molar refractivity (Wildman–Crippen MR) is 114 cm³/mol. The third-order valence-corrected chi connectivity index (χ3v) is 4.75. The van der Waals surface area contributed by atoms with Gasteiger partial charge >= 0.3 is 0 Å². The van der Waals surface area contributed by atoms with E-state index in [0.29, 0.717) is 45.5 Å². The topological polar surface area (TPSA) is 102 Å². The van der Waals surface area contributed by atoms with Crippen LogP contribution in [0.5, 0.6) is 11.5 Å². The number of rotatable bonds is 6.